The van der Waals surface area contributed by atoms with E-state index in [4.69, 9.17) is 4.74 Å². The van der Waals surface area contributed by atoms with E-state index in [1.165, 1.54) is 5.57 Å². The molecule has 0 heterocycles. The molecule has 12 heavy (non-hydrogen) atoms. The molecule has 0 atom stereocenters. The molecule has 2 heteroatoms. The van der Waals surface area contributed by atoms with Crippen LogP contribution < -0.4 is 0 Å². The number of esters is 1. The topological polar surface area (TPSA) is 26.3 Å². The van der Waals surface area contributed by atoms with Crippen molar-refractivity contribution in [1.29, 1.82) is 0 Å². The molecule has 1 rings (SSSR count). The lowest BCUT2D eigenvalue weighted by Crippen LogP contribution is -2.16. The average Bonchev–Trinajstić information content (AvgIpc) is 2.69. The van der Waals surface area contributed by atoms with Crippen molar-refractivity contribution in [3.8, 4) is 0 Å². The summed E-state index contributed by atoms with van der Waals surface area (Å²) in [6, 6.07) is 0. The van der Waals surface area contributed by atoms with Crippen LogP contribution in [0.15, 0.2) is 11.6 Å². The Bertz CT molecular complexity index is 208. The van der Waals surface area contributed by atoms with E-state index in [0.29, 0.717) is 6.61 Å². The summed E-state index contributed by atoms with van der Waals surface area (Å²) in [5.74, 6) is -0.0498. The summed E-state index contributed by atoms with van der Waals surface area (Å²) in [6.07, 6.45) is 3.94. The third-order valence-electron chi connectivity index (χ3n) is 2.04. The van der Waals surface area contributed by atoms with Gasteiger partial charge in [-0.15, -0.1) is 0 Å². The third-order valence-corrected chi connectivity index (χ3v) is 2.04. The number of carbonyl (C=O) groups excluding carboxylic acids is 1. The van der Waals surface area contributed by atoms with Crippen LogP contribution in [-0.4, -0.2) is 12.6 Å². The van der Waals surface area contributed by atoms with Crippen LogP contribution in [0.3, 0.4) is 0 Å². The first kappa shape index (κ1) is 9.30. The maximum atomic E-state index is 11.4. The van der Waals surface area contributed by atoms with Crippen LogP contribution in [0.25, 0.3) is 0 Å². The average molecular weight is 168 g/mol. The lowest BCUT2D eigenvalue weighted by molar-refractivity contribution is -0.147. The fourth-order valence-electron chi connectivity index (χ4n) is 1.37. The van der Waals surface area contributed by atoms with Gasteiger partial charge in [0.05, 0.1) is 12.0 Å². The van der Waals surface area contributed by atoms with Crippen LogP contribution in [0, 0.1) is 5.41 Å². The van der Waals surface area contributed by atoms with Gasteiger partial charge in [0, 0.05) is 0 Å². The summed E-state index contributed by atoms with van der Waals surface area (Å²) in [4.78, 5) is 11.4. The normalized spacial score (nSPS) is 18.2. The zero-order valence-corrected chi connectivity index (χ0v) is 8.02. The molecule has 0 spiro atoms. The van der Waals surface area contributed by atoms with E-state index in [9.17, 15) is 4.79 Å². The van der Waals surface area contributed by atoms with Gasteiger partial charge in [-0.3, -0.25) is 4.79 Å². The first-order chi connectivity index (χ1) is 5.60. The summed E-state index contributed by atoms with van der Waals surface area (Å²) >= 11 is 0. The molecule has 1 aliphatic rings. The van der Waals surface area contributed by atoms with Crippen LogP contribution in [0.4, 0.5) is 0 Å². The molecule has 0 bridgehead atoms. The van der Waals surface area contributed by atoms with Gasteiger partial charge in [0.2, 0.25) is 0 Å². The molecule has 0 aromatic carbocycles. The maximum Gasteiger partial charge on any atom is 0.315 e. The van der Waals surface area contributed by atoms with Crippen molar-refractivity contribution in [1.82, 2.24) is 0 Å². The zero-order chi connectivity index (χ0) is 9.19. The Morgan fingerprint density at radius 2 is 2.08 bits per heavy atom. The highest BCUT2D eigenvalue weighted by Gasteiger charge is 2.49. The van der Waals surface area contributed by atoms with Gasteiger partial charge in [0.1, 0.15) is 0 Å². The number of hydrogen-bond acceptors (Lipinski definition) is 2. The highest BCUT2D eigenvalue weighted by Crippen LogP contribution is 2.48. The minimum absolute atomic E-state index is 0.0498. The van der Waals surface area contributed by atoms with Gasteiger partial charge in [-0.05, 0) is 33.6 Å². The van der Waals surface area contributed by atoms with Crippen molar-refractivity contribution < 1.29 is 9.53 Å². The summed E-state index contributed by atoms with van der Waals surface area (Å²) in [5, 5.41) is 0. The Hall–Kier alpha value is -0.790. The molecule has 0 saturated heterocycles. The number of ether oxygens (including phenoxy) is 1. The molecule has 0 aromatic heterocycles. The molecule has 1 fully saturated rings. The van der Waals surface area contributed by atoms with Gasteiger partial charge in [0.25, 0.3) is 0 Å². The van der Waals surface area contributed by atoms with Crippen molar-refractivity contribution in [2.24, 2.45) is 5.41 Å². The molecule has 2 nitrogen and oxygen atoms in total. The summed E-state index contributed by atoms with van der Waals surface area (Å²) < 4.78 is 4.99. The molecule has 0 N–H and O–H groups in total. The third kappa shape index (κ3) is 1.87. The fraction of sp³-hybridized carbons (Fsp3) is 0.700. The molecule has 1 aliphatic carbocycles. The Kier molecular flexibility index (Phi) is 2.55. The van der Waals surface area contributed by atoms with Crippen LogP contribution >= 0.6 is 0 Å². The zero-order valence-electron chi connectivity index (χ0n) is 8.02. The van der Waals surface area contributed by atoms with Crippen molar-refractivity contribution in [3.05, 3.63) is 11.6 Å². The van der Waals surface area contributed by atoms with Crippen molar-refractivity contribution in [2.75, 3.05) is 6.61 Å². The van der Waals surface area contributed by atoms with Gasteiger partial charge in [-0.25, -0.2) is 0 Å². The van der Waals surface area contributed by atoms with E-state index >= 15 is 0 Å². The first-order valence-corrected chi connectivity index (χ1v) is 4.44. The van der Waals surface area contributed by atoms with Crippen molar-refractivity contribution >= 4 is 5.97 Å². The SMILES string of the molecule is CCOC(=O)C1(C=C(C)C)CC1. The molecule has 0 aromatic rings. The van der Waals surface area contributed by atoms with Gasteiger partial charge in [0.15, 0.2) is 0 Å². The largest absolute Gasteiger partial charge is 0.465 e. The highest BCUT2D eigenvalue weighted by molar-refractivity contribution is 5.82. The molecule has 0 aliphatic heterocycles. The molecule has 1 saturated carbocycles. The predicted molar refractivity (Wildman–Crippen MR) is 47.7 cm³/mol. The molecule has 68 valence electrons. The monoisotopic (exact) mass is 168 g/mol. The maximum absolute atomic E-state index is 11.4. The summed E-state index contributed by atoms with van der Waals surface area (Å²) in [6.45, 7) is 6.35. The van der Waals surface area contributed by atoms with Crippen LogP contribution in [0.1, 0.15) is 33.6 Å². The van der Waals surface area contributed by atoms with E-state index in [2.05, 4.69) is 0 Å². The molecular formula is C10H16O2. The van der Waals surface area contributed by atoms with Gasteiger partial charge in [-0.1, -0.05) is 11.6 Å². The Labute approximate surface area is 73.6 Å². The first-order valence-electron chi connectivity index (χ1n) is 4.44. The van der Waals surface area contributed by atoms with Crippen LogP contribution in [0.2, 0.25) is 0 Å². The predicted octanol–water partition coefficient (Wildman–Crippen LogP) is 2.30. The Morgan fingerprint density at radius 3 is 2.42 bits per heavy atom. The second-order valence-corrected chi connectivity index (χ2v) is 3.60. The summed E-state index contributed by atoms with van der Waals surface area (Å²) in [7, 11) is 0. The second-order valence-electron chi connectivity index (χ2n) is 3.60. The fourth-order valence-corrected chi connectivity index (χ4v) is 1.37. The standard InChI is InChI=1S/C10H16O2/c1-4-12-9(11)10(5-6-10)7-8(2)3/h7H,4-6H2,1-3H3. The van der Waals surface area contributed by atoms with Crippen molar-refractivity contribution in [2.45, 2.75) is 33.6 Å². The second kappa shape index (κ2) is 3.30. The Morgan fingerprint density at radius 1 is 1.50 bits per heavy atom. The van der Waals surface area contributed by atoms with E-state index in [0.717, 1.165) is 12.8 Å². The van der Waals surface area contributed by atoms with E-state index in [1.54, 1.807) is 0 Å². The molecule has 0 unspecified atom stereocenters. The van der Waals surface area contributed by atoms with E-state index < -0.39 is 0 Å². The smallest absolute Gasteiger partial charge is 0.315 e. The van der Waals surface area contributed by atoms with E-state index in [-0.39, 0.29) is 11.4 Å². The van der Waals surface area contributed by atoms with Crippen LogP contribution in [-0.2, 0) is 9.53 Å². The Balaban J connectivity index is 2.60. The lowest BCUT2D eigenvalue weighted by atomic mass is 10.0. The van der Waals surface area contributed by atoms with E-state index in [1.807, 2.05) is 26.8 Å². The minimum Gasteiger partial charge on any atom is -0.465 e. The van der Waals surface area contributed by atoms with Gasteiger partial charge >= 0.3 is 5.97 Å². The number of allylic oxidation sites excluding steroid dienone is 1. The van der Waals surface area contributed by atoms with Gasteiger partial charge in [-0.2, -0.15) is 0 Å². The minimum atomic E-state index is -0.241. The molecule has 0 radical (unpaired) electrons. The van der Waals surface area contributed by atoms with Crippen LogP contribution in [0.5, 0.6) is 0 Å². The number of rotatable bonds is 3. The highest BCUT2D eigenvalue weighted by atomic mass is 16.5. The molecular weight excluding hydrogens is 152 g/mol. The number of hydrogen-bond donors (Lipinski definition) is 0. The van der Waals surface area contributed by atoms with Gasteiger partial charge < -0.3 is 4.74 Å². The van der Waals surface area contributed by atoms with Crippen molar-refractivity contribution in [3.63, 3.8) is 0 Å². The molecule has 0 amide bonds. The number of carbonyl (C=O) groups is 1. The quantitative estimate of drug-likeness (QED) is 0.477. The lowest BCUT2D eigenvalue weighted by Gasteiger charge is -2.09. The summed E-state index contributed by atoms with van der Waals surface area (Å²) in [5.41, 5.74) is 0.954.